The Morgan fingerprint density at radius 1 is 1.09 bits per heavy atom. The van der Waals surface area contributed by atoms with Crippen molar-refractivity contribution in [3.8, 4) is 0 Å². The fraction of sp³-hybridized carbons (Fsp3) is 0.133. The number of para-hydroxylation sites is 1. The number of hydrogen-bond donors (Lipinski definition) is 2. The molecule has 2 aromatic rings. The van der Waals surface area contributed by atoms with E-state index in [1.807, 2.05) is 19.1 Å². The topological polar surface area (TPSA) is 75.3 Å². The predicted molar refractivity (Wildman–Crippen MR) is 81.4 cm³/mol. The normalized spacial score (nSPS) is 11.2. The van der Waals surface area contributed by atoms with Crippen molar-refractivity contribution in [2.45, 2.75) is 11.8 Å². The van der Waals surface area contributed by atoms with Crippen LogP contribution in [0.25, 0.3) is 0 Å². The Kier molecular flexibility index (Phi) is 4.89. The first-order valence-electron chi connectivity index (χ1n) is 6.49. The van der Waals surface area contributed by atoms with Crippen LogP contribution < -0.4 is 10.0 Å². The fourth-order valence-electron chi connectivity index (χ4n) is 1.77. The number of amides is 1. The van der Waals surface area contributed by atoms with E-state index in [9.17, 15) is 17.6 Å². The zero-order valence-corrected chi connectivity index (χ0v) is 12.7. The van der Waals surface area contributed by atoms with Crippen LogP contribution in [0.5, 0.6) is 0 Å². The molecule has 2 rings (SSSR count). The molecule has 7 heteroatoms. The number of aryl methyl sites for hydroxylation is 1. The van der Waals surface area contributed by atoms with Crippen molar-refractivity contribution in [1.82, 2.24) is 4.72 Å². The van der Waals surface area contributed by atoms with Crippen LogP contribution in [0.1, 0.15) is 5.56 Å². The van der Waals surface area contributed by atoms with E-state index in [4.69, 9.17) is 0 Å². The van der Waals surface area contributed by atoms with Crippen molar-refractivity contribution < 1.29 is 17.6 Å². The summed E-state index contributed by atoms with van der Waals surface area (Å²) in [5.74, 6) is -1.02. The number of hydrogen-bond acceptors (Lipinski definition) is 3. The summed E-state index contributed by atoms with van der Waals surface area (Å²) >= 11 is 0. The van der Waals surface area contributed by atoms with Gasteiger partial charge in [0.2, 0.25) is 15.9 Å². The lowest BCUT2D eigenvalue weighted by Gasteiger charge is -2.09. The summed E-state index contributed by atoms with van der Waals surface area (Å²) in [4.78, 5) is 11.7. The molecule has 116 valence electrons. The number of anilines is 1. The maximum absolute atomic E-state index is 12.8. The summed E-state index contributed by atoms with van der Waals surface area (Å²) in [5, 5.41) is 2.62. The average Bonchev–Trinajstić information content (AvgIpc) is 2.48. The number of carbonyl (C=O) groups excluding carboxylic acids is 1. The lowest BCUT2D eigenvalue weighted by atomic mass is 10.2. The predicted octanol–water partition coefficient (Wildman–Crippen LogP) is 2.05. The Labute approximate surface area is 128 Å². The smallest absolute Gasteiger partial charge is 0.241 e. The Bertz CT molecular complexity index is 774. The van der Waals surface area contributed by atoms with Gasteiger partial charge in [0.15, 0.2) is 0 Å². The van der Waals surface area contributed by atoms with Crippen LogP contribution in [0.3, 0.4) is 0 Å². The maximum Gasteiger partial charge on any atom is 0.241 e. The van der Waals surface area contributed by atoms with Crippen LogP contribution in [-0.4, -0.2) is 20.9 Å². The van der Waals surface area contributed by atoms with Crippen molar-refractivity contribution in [3.05, 3.63) is 59.9 Å². The molecular formula is C15H15FN2O3S. The van der Waals surface area contributed by atoms with Crippen molar-refractivity contribution in [3.63, 3.8) is 0 Å². The van der Waals surface area contributed by atoms with Crippen molar-refractivity contribution in [2.24, 2.45) is 0 Å². The molecule has 0 aliphatic rings. The molecule has 0 spiro atoms. The largest absolute Gasteiger partial charge is 0.325 e. The summed E-state index contributed by atoms with van der Waals surface area (Å²) < 4.78 is 38.9. The lowest BCUT2D eigenvalue weighted by Crippen LogP contribution is -2.33. The number of halogens is 1. The molecule has 22 heavy (non-hydrogen) atoms. The molecule has 5 nitrogen and oxygen atoms in total. The number of rotatable bonds is 5. The highest BCUT2D eigenvalue weighted by Gasteiger charge is 2.15. The molecular weight excluding hydrogens is 307 g/mol. The first kappa shape index (κ1) is 16.1. The molecule has 0 heterocycles. The minimum Gasteiger partial charge on any atom is -0.325 e. The van der Waals surface area contributed by atoms with E-state index in [0.29, 0.717) is 5.69 Å². The lowest BCUT2D eigenvalue weighted by molar-refractivity contribution is -0.115. The second-order valence-corrected chi connectivity index (χ2v) is 6.41. The number of carbonyl (C=O) groups is 1. The van der Waals surface area contributed by atoms with Gasteiger partial charge in [0, 0.05) is 5.69 Å². The number of sulfonamides is 1. The van der Waals surface area contributed by atoms with E-state index >= 15 is 0 Å². The quantitative estimate of drug-likeness (QED) is 0.884. The van der Waals surface area contributed by atoms with E-state index in [0.717, 1.165) is 29.8 Å². The molecule has 0 atom stereocenters. The highest BCUT2D eigenvalue weighted by molar-refractivity contribution is 7.89. The monoisotopic (exact) mass is 322 g/mol. The third kappa shape index (κ3) is 4.12. The van der Waals surface area contributed by atoms with Crippen LogP contribution in [0, 0.1) is 12.7 Å². The van der Waals surface area contributed by atoms with Gasteiger partial charge >= 0.3 is 0 Å². The van der Waals surface area contributed by atoms with Gasteiger partial charge in [0.05, 0.1) is 11.4 Å². The molecule has 0 saturated carbocycles. The van der Waals surface area contributed by atoms with Crippen molar-refractivity contribution >= 4 is 21.6 Å². The first-order chi connectivity index (χ1) is 10.4. The fourth-order valence-corrected chi connectivity index (χ4v) is 2.75. The van der Waals surface area contributed by atoms with Gasteiger partial charge in [0.1, 0.15) is 5.82 Å². The van der Waals surface area contributed by atoms with Crippen molar-refractivity contribution in [1.29, 1.82) is 0 Å². The molecule has 0 unspecified atom stereocenters. The number of nitrogens with one attached hydrogen (secondary N) is 2. The van der Waals surface area contributed by atoms with Gasteiger partial charge in [-0.3, -0.25) is 4.79 Å². The van der Waals surface area contributed by atoms with Crippen LogP contribution in [0.4, 0.5) is 10.1 Å². The van der Waals surface area contributed by atoms with Crippen LogP contribution in [0.2, 0.25) is 0 Å². The third-order valence-electron chi connectivity index (χ3n) is 2.97. The minimum atomic E-state index is -3.85. The molecule has 2 aromatic carbocycles. The average molecular weight is 322 g/mol. The molecule has 0 radical (unpaired) electrons. The van der Waals surface area contributed by atoms with E-state index < -0.39 is 28.3 Å². The summed E-state index contributed by atoms with van der Waals surface area (Å²) in [7, 11) is -3.85. The van der Waals surface area contributed by atoms with E-state index in [1.54, 1.807) is 12.1 Å². The molecule has 0 saturated heterocycles. The first-order valence-corrected chi connectivity index (χ1v) is 7.97. The Balaban J connectivity index is 1.98. The van der Waals surface area contributed by atoms with Crippen LogP contribution >= 0.6 is 0 Å². The molecule has 2 N–H and O–H groups in total. The van der Waals surface area contributed by atoms with Crippen LogP contribution in [0.15, 0.2) is 53.4 Å². The molecule has 0 bridgehead atoms. The van der Waals surface area contributed by atoms with Gasteiger partial charge < -0.3 is 5.32 Å². The van der Waals surface area contributed by atoms with Gasteiger partial charge in [-0.05, 0) is 42.8 Å². The molecule has 0 aliphatic carbocycles. The van der Waals surface area contributed by atoms with Crippen molar-refractivity contribution in [2.75, 3.05) is 11.9 Å². The molecule has 0 fully saturated rings. The third-order valence-corrected chi connectivity index (χ3v) is 4.38. The zero-order chi connectivity index (χ0) is 16.2. The molecule has 1 amide bonds. The summed E-state index contributed by atoms with van der Waals surface area (Å²) in [5.41, 5.74) is 1.49. The van der Waals surface area contributed by atoms with E-state index in [1.165, 1.54) is 0 Å². The Morgan fingerprint density at radius 2 is 1.73 bits per heavy atom. The second-order valence-electron chi connectivity index (χ2n) is 4.64. The Morgan fingerprint density at radius 3 is 2.36 bits per heavy atom. The minimum absolute atomic E-state index is 0.0995. The summed E-state index contributed by atoms with van der Waals surface area (Å²) in [6, 6.07) is 11.5. The summed E-state index contributed by atoms with van der Waals surface area (Å²) in [6.07, 6.45) is 0. The SMILES string of the molecule is Cc1ccccc1NC(=O)CNS(=O)(=O)c1ccc(F)cc1. The Hall–Kier alpha value is -2.25. The van der Waals surface area contributed by atoms with Gasteiger partial charge in [-0.2, -0.15) is 0 Å². The highest BCUT2D eigenvalue weighted by atomic mass is 32.2. The molecule has 0 aliphatic heterocycles. The van der Waals surface area contributed by atoms with E-state index in [-0.39, 0.29) is 4.90 Å². The van der Waals surface area contributed by atoms with Gasteiger partial charge in [-0.1, -0.05) is 18.2 Å². The van der Waals surface area contributed by atoms with Crippen LogP contribution in [-0.2, 0) is 14.8 Å². The van der Waals surface area contributed by atoms with Gasteiger partial charge in [0.25, 0.3) is 0 Å². The maximum atomic E-state index is 12.8. The molecule has 0 aromatic heterocycles. The highest BCUT2D eigenvalue weighted by Crippen LogP contribution is 2.13. The summed E-state index contributed by atoms with van der Waals surface area (Å²) in [6.45, 7) is 1.42. The second kappa shape index (κ2) is 6.67. The van der Waals surface area contributed by atoms with Gasteiger partial charge in [-0.25, -0.2) is 17.5 Å². The zero-order valence-electron chi connectivity index (χ0n) is 11.8. The van der Waals surface area contributed by atoms with E-state index in [2.05, 4.69) is 10.0 Å². The number of benzene rings is 2. The standard InChI is InChI=1S/C15H15FN2O3S/c1-11-4-2-3-5-14(11)18-15(19)10-17-22(20,21)13-8-6-12(16)7-9-13/h2-9,17H,10H2,1H3,(H,18,19). The van der Waals surface area contributed by atoms with Gasteiger partial charge in [-0.15, -0.1) is 0 Å².